The Bertz CT molecular complexity index is 207. The summed E-state index contributed by atoms with van der Waals surface area (Å²) in [6.45, 7) is 2.00. The smallest absolute Gasteiger partial charge is 0.188 e. The van der Waals surface area contributed by atoms with E-state index >= 15 is 0 Å². The van der Waals surface area contributed by atoms with Crippen molar-refractivity contribution in [1.82, 2.24) is 4.98 Å². The summed E-state index contributed by atoms with van der Waals surface area (Å²) in [5.74, 6) is 0.180. The molecule has 3 heteroatoms. The van der Waals surface area contributed by atoms with E-state index in [9.17, 15) is 0 Å². The number of aromatic nitrogens is 1. The van der Waals surface area contributed by atoms with Crippen LogP contribution in [0.25, 0.3) is 0 Å². The first-order chi connectivity index (χ1) is 4.74. The van der Waals surface area contributed by atoms with Gasteiger partial charge in [-0.05, 0) is 18.6 Å². The number of rotatable bonds is 2. The third-order valence-corrected chi connectivity index (χ3v) is 1.53. The van der Waals surface area contributed by atoms with Gasteiger partial charge in [0.15, 0.2) is 5.88 Å². The van der Waals surface area contributed by atoms with Gasteiger partial charge in [0.05, 0.1) is 0 Å². The highest BCUT2D eigenvalue weighted by Crippen LogP contribution is 2.15. The van der Waals surface area contributed by atoms with Crippen LogP contribution >= 0.6 is 0 Å². The van der Waals surface area contributed by atoms with Gasteiger partial charge in [-0.2, -0.15) is 0 Å². The van der Waals surface area contributed by atoms with Crippen LogP contribution < -0.4 is 5.73 Å². The Hall–Kier alpha value is -0.960. The van der Waals surface area contributed by atoms with E-state index in [1.807, 2.05) is 6.92 Å². The lowest BCUT2D eigenvalue weighted by Crippen LogP contribution is -2.08. The van der Waals surface area contributed by atoms with E-state index in [2.05, 4.69) is 4.98 Å². The molecular formula is C7H12N2O. The molecule has 0 spiro atoms. The van der Waals surface area contributed by atoms with Gasteiger partial charge in [-0.15, -0.1) is 0 Å². The second-order valence-electron chi connectivity index (χ2n) is 2.31. The Morgan fingerprint density at radius 3 is 2.80 bits per heavy atom. The maximum absolute atomic E-state index is 8.89. The molecule has 0 radical (unpaired) electrons. The molecule has 10 heavy (non-hydrogen) atoms. The highest BCUT2D eigenvalue weighted by Gasteiger charge is 2.03. The Balaban J connectivity index is 2.74. The molecule has 4 N–H and O–H groups in total. The zero-order valence-electron chi connectivity index (χ0n) is 5.96. The SMILES string of the molecule is CC[C@@H](N)c1ccc(O)[nH]1. The van der Waals surface area contributed by atoms with Gasteiger partial charge in [0, 0.05) is 11.7 Å². The van der Waals surface area contributed by atoms with Gasteiger partial charge in [-0.1, -0.05) is 6.92 Å². The fourth-order valence-corrected chi connectivity index (χ4v) is 0.836. The molecule has 1 heterocycles. The van der Waals surface area contributed by atoms with E-state index in [0.717, 1.165) is 12.1 Å². The predicted octanol–water partition coefficient (Wildman–Crippen LogP) is 1.13. The number of H-pyrrole nitrogens is 1. The molecule has 0 aliphatic carbocycles. The van der Waals surface area contributed by atoms with Crippen LogP contribution in [-0.4, -0.2) is 10.1 Å². The van der Waals surface area contributed by atoms with Gasteiger partial charge in [0.1, 0.15) is 0 Å². The fraction of sp³-hybridized carbons (Fsp3) is 0.429. The molecule has 0 unspecified atom stereocenters. The van der Waals surface area contributed by atoms with Gasteiger partial charge >= 0.3 is 0 Å². The molecular weight excluding hydrogens is 128 g/mol. The van der Waals surface area contributed by atoms with Crippen LogP contribution in [0.3, 0.4) is 0 Å². The molecule has 0 fully saturated rings. The minimum atomic E-state index is 0.0147. The summed E-state index contributed by atoms with van der Waals surface area (Å²) in [4.78, 5) is 2.76. The number of aromatic amines is 1. The summed E-state index contributed by atoms with van der Waals surface area (Å²) in [6, 6.07) is 3.41. The van der Waals surface area contributed by atoms with Crippen LogP contribution in [0.15, 0.2) is 12.1 Å². The second kappa shape index (κ2) is 2.75. The monoisotopic (exact) mass is 140 g/mol. The van der Waals surface area contributed by atoms with E-state index in [0.29, 0.717) is 0 Å². The van der Waals surface area contributed by atoms with Gasteiger partial charge in [-0.3, -0.25) is 0 Å². The summed E-state index contributed by atoms with van der Waals surface area (Å²) in [5.41, 5.74) is 6.55. The summed E-state index contributed by atoms with van der Waals surface area (Å²) in [5, 5.41) is 8.89. The molecule has 0 aliphatic rings. The number of nitrogens with two attached hydrogens (primary N) is 1. The van der Waals surface area contributed by atoms with Crippen LogP contribution in [0.5, 0.6) is 5.88 Å². The Morgan fingerprint density at radius 2 is 2.40 bits per heavy atom. The maximum Gasteiger partial charge on any atom is 0.188 e. The van der Waals surface area contributed by atoms with Crippen molar-refractivity contribution in [2.75, 3.05) is 0 Å². The van der Waals surface area contributed by atoms with Gasteiger partial charge < -0.3 is 15.8 Å². The zero-order chi connectivity index (χ0) is 7.56. The van der Waals surface area contributed by atoms with Crippen LogP contribution in [-0.2, 0) is 0 Å². The normalized spacial score (nSPS) is 13.4. The molecule has 1 aromatic rings. The van der Waals surface area contributed by atoms with Gasteiger partial charge in [-0.25, -0.2) is 0 Å². The molecule has 0 bridgehead atoms. The van der Waals surface area contributed by atoms with E-state index in [-0.39, 0.29) is 11.9 Å². The number of aromatic hydroxyl groups is 1. The molecule has 1 aromatic heterocycles. The third-order valence-electron chi connectivity index (χ3n) is 1.53. The predicted molar refractivity (Wildman–Crippen MR) is 39.7 cm³/mol. The number of hydrogen-bond donors (Lipinski definition) is 3. The first kappa shape index (κ1) is 7.15. The first-order valence-corrected chi connectivity index (χ1v) is 3.37. The number of nitrogens with one attached hydrogen (secondary N) is 1. The standard InChI is InChI=1S/C7H12N2O/c1-2-5(8)6-3-4-7(10)9-6/h3-5,9-10H,2,8H2,1H3/t5-/m1/s1. The Morgan fingerprint density at radius 1 is 1.70 bits per heavy atom. The molecule has 3 nitrogen and oxygen atoms in total. The van der Waals surface area contributed by atoms with Gasteiger partial charge in [0.25, 0.3) is 0 Å². The summed E-state index contributed by atoms with van der Waals surface area (Å²) in [7, 11) is 0. The van der Waals surface area contributed by atoms with E-state index in [4.69, 9.17) is 10.8 Å². The summed E-state index contributed by atoms with van der Waals surface area (Å²) >= 11 is 0. The zero-order valence-corrected chi connectivity index (χ0v) is 5.96. The van der Waals surface area contributed by atoms with Crippen LogP contribution in [0.1, 0.15) is 25.1 Å². The average molecular weight is 140 g/mol. The highest BCUT2D eigenvalue weighted by molar-refractivity contribution is 5.18. The quantitative estimate of drug-likeness (QED) is 0.576. The molecule has 0 aromatic carbocycles. The van der Waals surface area contributed by atoms with Crippen molar-refractivity contribution in [2.45, 2.75) is 19.4 Å². The molecule has 0 amide bonds. The molecule has 0 aliphatic heterocycles. The minimum Gasteiger partial charge on any atom is -0.495 e. The molecule has 0 saturated heterocycles. The van der Waals surface area contributed by atoms with Crippen LogP contribution in [0.2, 0.25) is 0 Å². The van der Waals surface area contributed by atoms with Crippen molar-refractivity contribution in [3.05, 3.63) is 17.8 Å². The van der Waals surface area contributed by atoms with E-state index in [1.54, 1.807) is 12.1 Å². The molecule has 1 rings (SSSR count). The Labute approximate surface area is 59.9 Å². The lowest BCUT2D eigenvalue weighted by Gasteiger charge is -2.03. The van der Waals surface area contributed by atoms with Crippen molar-refractivity contribution >= 4 is 0 Å². The second-order valence-corrected chi connectivity index (χ2v) is 2.31. The van der Waals surface area contributed by atoms with E-state index in [1.165, 1.54) is 0 Å². The summed E-state index contributed by atoms with van der Waals surface area (Å²) < 4.78 is 0. The van der Waals surface area contributed by atoms with Gasteiger partial charge in [0.2, 0.25) is 0 Å². The largest absolute Gasteiger partial charge is 0.495 e. The number of hydrogen-bond acceptors (Lipinski definition) is 2. The highest BCUT2D eigenvalue weighted by atomic mass is 16.3. The fourth-order valence-electron chi connectivity index (χ4n) is 0.836. The summed E-state index contributed by atoms with van der Waals surface area (Å²) in [6.07, 6.45) is 0.875. The first-order valence-electron chi connectivity index (χ1n) is 3.37. The lowest BCUT2D eigenvalue weighted by atomic mass is 10.2. The van der Waals surface area contributed by atoms with E-state index < -0.39 is 0 Å². The van der Waals surface area contributed by atoms with Crippen molar-refractivity contribution in [1.29, 1.82) is 0 Å². The minimum absolute atomic E-state index is 0.0147. The lowest BCUT2D eigenvalue weighted by molar-refractivity contribution is 0.454. The molecule has 0 saturated carbocycles. The molecule has 56 valence electrons. The molecule has 1 atom stereocenters. The third kappa shape index (κ3) is 1.30. The average Bonchev–Trinajstić information content (AvgIpc) is 2.34. The van der Waals surface area contributed by atoms with Crippen LogP contribution in [0, 0.1) is 0 Å². The van der Waals surface area contributed by atoms with Crippen molar-refractivity contribution in [3.63, 3.8) is 0 Å². The topological polar surface area (TPSA) is 62.0 Å². The Kier molecular flexibility index (Phi) is 1.97. The van der Waals surface area contributed by atoms with Crippen molar-refractivity contribution in [3.8, 4) is 5.88 Å². The van der Waals surface area contributed by atoms with Crippen LogP contribution in [0.4, 0.5) is 0 Å². The maximum atomic E-state index is 8.89. The van der Waals surface area contributed by atoms with Crippen molar-refractivity contribution in [2.24, 2.45) is 5.73 Å². The van der Waals surface area contributed by atoms with Crippen molar-refractivity contribution < 1.29 is 5.11 Å².